The second-order valence-corrected chi connectivity index (χ2v) is 10.7. The third-order valence-electron chi connectivity index (χ3n) is 7.72. The summed E-state index contributed by atoms with van der Waals surface area (Å²) in [6.45, 7) is 7.57. The van der Waals surface area contributed by atoms with Crippen LogP contribution in [0, 0.1) is 5.92 Å². The van der Waals surface area contributed by atoms with Gasteiger partial charge in [0.15, 0.2) is 11.7 Å². The van der Waals surface area contributed by atoms with E-state index in [0.717, 1.165) is 12.8 Å². The smallest absolute Gasteiger partial charge is 0.281 e. The average Bonchev–Trinajstić information content (AvgIpc) is 3.04. The molecule has 5 rings (SSSR count). The van der Waals surface area contributed by atoms with E-state index in [2.05, 4.69) is 31.5 Å². The SMILES string of the molecule is C=C(F)C(=O)N1CCC[C@@H](COCC(=O)N2CCN(c3nc(-c4cnc(N)nc4C(F)F)nc(N4CCOCC4)n3)CC2)C1. The largest absolute Gasteiger partial charge is 0.378 e. The number of morpholine rings is 1. The number of hydrogen-bond donors (Lipinski definition) is 1. The van der Waals surface area contributed by atoms with Crippen LogP contribution < -0.4 is 15.5 Å². The molecule has 3 aliphatic heterocycles. The van der Waals surface area contributed by atoms with E-state index in [1.165, 1.54) is 11.1 Å². The third kappa shape index (κ3) is 7.50. The standard InChI is InChI=1S/C27H35F3N10O4/c1-17(28)24(42)40-4-2-3-18(14-40)15-44-16-20(41)37-5-7-38(8-6-37)26-34-23(19-13-32-25(31)33-21(19)22(29)30)35-27(36-26)39-9-11-43-12-10-39/h13,18,22H,1-12,14-16H2,(H2,31,32,33)/t18-/m1/s1. The van der Waals surface area contributed by atoms with Crippen molar-refractivity contribution in [3.63, 3.8) is 0 Å². The van der Waals surface area contributed by atoms with Gasteiger partial charge in [-0.2, -0.15) is 15.0 Å². The maximum absolute atomic E-state index is 13.9. The van der Waals surface area contributed by atoms with Crippen LogP contribution in [0.1, 0.15) is 25.0 Å². The number of carbonyl (C=O) groups excluding carboxylic acids is 2. The van der Waals surface area contributed by atoms with Crippen molar-refractivity contribution in [2.75, 3.05) is 94.3 Å². The number of ether oxygens (including phenoxy) is 2. The molecule has 0 spiro atoms. The van der Waals surface area contributed by atoms with Crippen LogP contribution in [-0.4, -0.2) is 125 Å². The number of anilines is 3. The zero-order valence-corrected chi connectivity index (χ0v) is 24.2. The second-order valence-electron chi connectivity index (χ2n) is 10.7. The summed E-state index contributed by atoms with van der Waals surface area (Å²) in [6.07, 6.45) is -0.196. The molecule has 3 fully saturated rings. The van der Waals surface area contributed by atoms with Gasteiger partial charge in [0.05, 0.1) is 25.4 Å². The number of nitrogens with two attached hydrogens (primary N) is 1. The van der Waals surface area contributed by atoms with Crippen LogP contribution in [-0.2, 0) is 19.1 Å². The molecule has 0 aromatic carbocycles. The molecular formula is C27H35F3N10O4. The van der Waals surface area contributed by atoms with Crippen molar-refractivity contribution >= 4 is 29.7 Å². The molecule has 0 saturated carbocycles. The van der Waals surface area contributed by atoms with Crippen molar-refractivity contribution in [3.8, 4) is 11.4 Å². The fraction of sp³-hybridized carbons (Fsp3) is 0.593. The first-order valence-corrected chi connectivity index (χ1v) is 14.4. The van der Waals surface area contributed by atoms with Crippen molar-refractivity contribution < 1.29 is 32.2 Å². The molecule has 3 saturated heterocycles. The molecule has 2 aromatic heterocycles. The Bertz CT molecular complexity index is 1360. The lowest BCUT2D eigenvalue weighted by Gasteiger charge is -2.35. The van der Waals surface area contributed by atoms with Crippen LogP contribution in [0.25, 0.3) is 11.4 Å². The van der Waals surface area contributed by atoms with E-state index in [1.54, 1.807) is 4.90 Å². The van der Waals surface area contributed by atoms with Crippen LogP contribution in [0.4, 0.5) is 31.0 Å². The van der Waals surface area contributed by atoms with Crippen molar-refractivity contribution in [3.05, 3.63) is 24.3 Å². The molecule has 0 bridgehead atoms. The predicted molar refractivity (Wildman–Crippen MR) is 152 cm³/mol. The first kappa shape index (κ1) is 31.3. The number of piperidine rings is 1. The summed E-state index contributed by atoms with van der Waals surface area (Å²) >= 11 is 0. The number of aromatic nitrogens is 5. The van der Waals surface area contributed by atoms with Crippen molar-refractivity contribution in [2.45, 2.75) is 19.3 Å². The molecule has 44 heavy (non-hydrogen) atoms. The number of halogens is 3. The van der Waals surface area contributed by atoms with Gasteiger partial charge in [0, 0.05) is 58.6 Å². The van der Waals surface area contributed by atoms with Gasteiger partial charge in [-0.3, -0.25) is 9.59 Å². The molecule has 238 valence electrons. The van der Waals surface area contributed by atoms with E-state index >= 15 is 0 Å². The highest BCUT2D eigenvalue weighted by Crippen LogP contribution is 2.30. The number of piperazine rings is 1. The van der Waals surface area contributed by atoms with E-state index in [-0.39, 0.29) is 48.3 Å². The lowest BCUT2D eigenvalue weighted by molar-refractivity contribution is -0.138. The number of nitrogen functional groups attached to an aromatic ring is 1. The summed E-state index contributed by atoms with van der Waals surface area (Å²) in [7, 11) is 0. The zero-order chi connectivity index (χ0) is 31.2. The molecule has 0 radical (unpaired) electrons. The molecule has 2 N–H and O–H groups in total. The fourth-order valence-electron chi connectivity index (χ4n) is 5.39. The summed E-state index contributed by atoms with van der Waals surface area (Å²) in [5.41, 5.74) is 4.95. The summed E-state index contributed by atoms with van der Waals surface area (Å²) < 4.78 is 52.1. The Hall–Kier alpha value is -4.12. The molecule has 5 heterocycles. The Balaban J connectivity index is 1.22. The molecule has 0 aliphatic carbocycles. The Morgan fingerprint density at radius 2 is 1.68 bits per heavy atom. The minimum absolute atomic E-state index is 0.00231. The van der Waals surface area contributed by atoms with E-state index in [0.29, 0.717) is 71.5 Å². The molecule has 17 heteroatoms. The fourth-order valence-corrected chi connectivity index (χ4v) is 5.39. The number of carbonyl (C=O) groups is 2. The summed E-state index contributed by atoms with van der Waals surface area (Å²) in [4.78, 5) is 52.8. The molecule has 2 aromatic rings. The number of hydrogen-bond acceptors (Lipinski definition) is 12. The number of alkyl halides is 2. The van der Waals surface area contributed by atoms with Gasteiger partial charge in [0.2, 0.25) is 23.8 Å². The monoisotopic (exact) mass is 620 g/mol. The van der Waals surface area contributed by atoms with Gasteiger partial charge in [0.1, 0.15) is 12.3 Å². The first-order valence-electron chi connectivity index (χ1n) is 14.4. The molecular weight excluding hydrogens is 585 g/mol. The van der Waals surface area contributed by atoms with Crippen LogP contribution in [0.3, 0.4) is 0 Å². The van der Waals surface area contributed by atoms with Gasteiger partial charge in [-0.05, 0) is 18.8 Å². The highest BCUT2D eigenvalue weighted by molar-refractivity contribution is 5.90. The van der Waals surface area contributed by atoms with E-state index < -0.39 is 23.9 Å². The minimum Gasteiger partial charge on any atom is -0.378 e. The van der Waals surface area contributed by atoms with E-state index in [1.807, 2.05) is 9.80 Å². The molecule has 2 amide bonds. The Morgan fingerprint density at radius 1 is 1.00 bits per heavy atom. The van der Waals surface area contributed by atoms with Crippen LogP contribution >= 0.6 is 0 Å². The van der Waals surface area contributed by atoms with Crippen molar-refractivity contribution in [1.82, 2.24) is 34.7 Å². The molecule has 0 unspecified atom stereocenters. The number of rotatable bonds is 9. The van der Waals surface area contributed by atoms with E-state index in [4.69, 9.17) is 15.2 Å². The van der Waals surface area contributed by atoms with Gasteiger partial charge >= 0.3 is 0 Å². The normalized spacial score (nSPS) is 19.4. The lowest BCUT2D eigenvalue weighted by atomic mass is 9.99. The highest BCUT2D eigenvalue weighted by atomic mass is 19.3. The molecule has 1 atom stereocenters. The average molecular weight is 621 g/mol. The minimum atomic E-state index is -2.92. The summed E-state index contributed by atoms with van der Waals surface area (Å²) in [6, 6.07) is 0. The Kier molecular flexibility index (Phi) is 10.0. The maximum Gasteiger partial charge on any atom is 0.281 e. The van der Waals surface area contributed by atoms with Crippen LogP contribution in [0.2, 0.25) is 0 Å². The Morgan fingerprint density at radius 3 is 2.34 bits per heavy atom. The van der Waals surface area contributed by atoms with Crippen LogP contribution in [0.5, 0.6) is 0 Å². The summed E-state index contributed by atoms with van der Waals surface area (Å²) in [5, 5.41) is 0. The van der Waals surface area contributed by atoms with Gasteiger partial charge in [-0.25, -0.2) is 23.1 Å². The van der Waals surface area contributed by atoms with Gasteiger partial charge in [-0.15, -0.1) is 0 Å². The maximum atomic E-state index is 13.9. The molecule has 14 nitrogen and oxygen atoms in total. The molecule has 3 aliphatic rings. The van der Waals surface area contributed by atoms with Gasteiger partial charge in [0.25, 0.3) is 12.3 Å². The van der Waals surface area contributed by atoms with Crippen LogP contribution in [0.15, 0.2) is 18.6 Å². The van der Waals surface area contributed by atoms with Crippen molar-refractivity contribution in [2.24, 2.45) is 5.92 Å². The van der Waals surface area contributed by atoms with Crippen molar-refractivity contribution in [1.29, 1.82) is 0 Å². The Labute approximate surface area is 252 Å². The summed E-state index contributed by atoms with van der Waals surface area (Å²) in [5.74, 6) is -1.55. The number of likely N-dealkylation sites (tertiary alicyclic amines) is 1. The third-order valence-corrected chi connectivity index (χ3v) is 7.72. The quantitative estimate of drug-likeness (QED) is 0.399. The highest BCUT2D eigenvalue weighted by Gasteiger charge is 2.29. The lowest BCUT2D eigenvalue weighted by Crippen LogP contribution is -2.50. The van der Waals surface area contributed by atoms with Gasteiger partial charge < -0.3 is 34.8 Å². The number of nitrogens with zero attached hydrogens (tertiary/aromatic N) is 9. The number of amides is 2. The first-order chi connectivity index (χ1) is 21.2. The predicted octanol–water partition coefficient (Wildman–Crippen LogP) is 1.07. The zero-order valence-electron chi connectivity index (χ0n) is 24.2. The van der Waals surface area contributed by atoms with Gasteiger partial charge in [-0.1, -0.05) is 6.58 Å². The topological polar surface area (TPSA) is 156 Å². The van der Waals surface area contributed by atoms with E-state index in [9.17, 15) is 22.8 Å². The second kappa shape index (κ2) is 14.1.